The molecule has 0 saturated heterocycles. The van der Waals surface area contributed by atoms with Crippen LogP contribution < -0.4 is 21.2 Å². The van der Waals surface area contributed by atoms with Crippen LogP contribution in [0.3, 0.4) is 0 Å². The monoisotopic (exact) mass is 451 g/mol. The van der Waals surface area contributed by atoms with Crippen molar-refractivity contribution < 1.29 is 19.0 Å². The highest BCUT2D eigenvalue weighted by atomic mass is 16.7. The number of hydrogen-bond donors (Lipinski definition) is 2. The molecule has 0 fully saturated rings. The Morgan fingerprint density at radius 2 is 1.76 bits per heavy atom. The fraction of sp³-hybridized carbons (Fsp3) is 0.280. The lowest BCUT2D eigenvalue weighted by atomic mass is 10.1. The maximum Gasteiger partial charge on any atom is 0.272 e. The fourth-order valence-electron chi connectivity index (χ4n) is 3.40. The molecule has 3 rings (SSSR count). The second kappa shape index (κ2) is 11.3. The number of rotatable bonds is 10. The van der Waals surface area contributed by atoms with Crippen LogP contribution in [0.15, 0.2) is 65.6 Å². The smallest absolute Gasteiger partial charge is 0.272 e. The molecule has 174 valence electrons. The summed E-state index contributed by atoms with van der Waals surface area (Å²) < 4.78 is 18.0. The minimum Gasteiger partial charge on any atom is -0.482 e. The van der Waals surface area contributed by atoms with E-state index in [0.29, 0.717) is 0 Å². The van der Waals surface area contributed by atoms with Gasteiger partial charge in [0.25, 0.3) is 5.91 Å². The summed E-state index contributed by atoms with van der Waals surface area (Å²) in [6.45, 7) is 2.51. The fourth-order valence-corrected chi connectivity index (χ4v) is 3.40. The maximum absolute atomic E-state index is 13.3. The van der Waals surface area contributed by atoms with E-state index in [2.05, 4.69) is 5.32 Å². The van der Waals surface area contributed by atoms with Gasteiger partial charge in [0.1, 0.15) is 12.3 Å². The number of anilines is 1. The summed E-state index contributed by atoms with van der Waals surface area (Å²) in [5.74, 6) is -0.589. The van der Waals surface area contributed by atoms with Gasteiger partial charge >= 0.3 is 0 Å². The number of amides is 1. The third-order valence-electron chi connectivity index (χ3n) is 5.11. The van der Waals surface area contributed by atoms with E-state index in [-0.39, 0.29) is 36.8 Å². The van der Waals surface area contributed by atoms with Crippen molar-refractivity contribution in [2.75, 3.05) is 20.0 Å². The van der Waals surface area contributed by atoms with E-state index in [4.69, 9.17) is 19.9 Å². The molecule has 1 amide bonds. The Hall–Kier alpha value is -3.62. The number of aromatic nitrogens is 1. The molecule has 0 aliphatic rings. The van der Waals surface area contributed by atoms with Gasteiger partial charge in [-0.05, 0) is 18.1 Å². The minimum atomic E-state index is -0.655. The summed E-state index contributed by atoms with van der Waals surface area (Å²) in [7, 11) is 2.98. The van der Waals surface area contributed by atoms with Crippen LogP contribution in [0.25, 0.3) is 0 Å². The van der Waals surface area contributed by atoms with Gasteiger partial charge in [-0.25, -0.2) is 0 Å². The van der Waals surface area contributed by atoms with Crippen LogP contribution in [-0.4, -0.2) is 31.0 Å². The van der Waals surface area contributed by atoms with Crippen molar-refractivity contribution in [1.29, 1.82) is 0 Å². The molecule has 8 heteroatoms. The summed E-state index contributed by atoms with van der Waals surface area (Å²) in [5.41, 5.74) is 8.31. The molecule has 3 aromatic rings. The van der Waals surface area contributed by atoms with Crippen LogP contribution in [-0.2, 0) is 29.2 Å². The molecule has 2 aromatic carbocycles. The number of nitrogens with zero attached hydrogens (tertiary/aromatic N) is 1. The first-order valence-electron chi connectivity index (χ1n) is 10.5. The average molecular weight is 452 g/mol. The molecule has 0 bridgehead atoms. The van der Waals surface area contributed by atoms with Gasteiger partial charge in [0.05, 0.1) is 6.54 Å². The molecular formula is C25H29N3O5. The predicted octanol–water partition coefficient (Wildman–Crippen LogP) is 2.87. The van der Waals surface area contributed by atoms with Gasteiger partial charge in [0.2, 0.25) is 5.43 Å². The lowest BCUT2D eigenvalue weighted by Gasteiger charge is -2.21. The first kappa shape index (κ1) is 24.0. The molecule has 0 aliphatic heterocycles. The molecule has 8 nitrogen and oxygen atoms in total. The lowest BCUT2D eigenvalue weighted by Crippen LogP contribution is -2.33. The number of ether oxygens (including phenoxy) is 3. The highest BCUT2D eigenvalue weighted by Gasteiger charge is 2.24. The Morgan fingerprint density at radius 1 is 1.06 bits per heavy atom. The quantitative estimate of drug-likeness (QED) is 0.459. The number of nitrogens with one attached hydrogen (secondary N) is 1. The van der Waals surface area contributed by atoms with Crippen molar-refractivity contribution in [1.82, 2.24) is 9.88 Å². The predicted molar refractivity (Wildman–Crippen MR) is 126 cm³/mol. The highest BCUT2D eigenvalue weighted by Crippen LogP contribution is 2.20. The Kier molecular flexibility index (Phi) is 8.23. The molecule has 0 unspecified atom stereocenters. The molecule has 0 saturated carbocycles. The summed E-state index contributed by atoms with van der Waals surface area (Å²) in [4.78, 5) is 26.2. The molecule has 1 aromatic heterocycles. The summed E-state index contributed by atoms with van der Waals surface area (Å²) in [6.07, 6.45) is 0.752. The van der Waals surface area contributed by atoms with Crippen LogP contribution in [0.4, 0.5) is 5.69 Å². The zero-order valence-corrected chi connectivity index (χ0v) is 19.0. The second-order valence-electron chi connectivity index (χ2n) is 7.59. The molecule has 0 atom stereocenters. The van der Waals surface area contributed by atoms with Crippen molar-refractivity contribution in [3.63, 3.8) is 0 Å². The number of benzene rings is 2. The number of aryl methyl sites for hydroxylation is 1. The Labute approximate surface area is 192 Å². The number of pyridine rings is 1. The average Bonchev–Trinajstić information content (AvgIpc) is 2.82. The molecule has 3 N–H and O–H groups in total. The van der Waals surface area contributed by atoms with Crippen LogP contribution in [0.1, 0.15) is 27.2 Å². The summed E-state index contributed by atoms with van der Waals surface area (Å²) in [5, 5.41) is 2.88. The van der Waals surface area contributed by atoms with Gasteiger partial charge in [-0.2, -0.15) is 0 Å². The third-order valence-corrected chi connectivity index (χ3v) is 5.11. The van der Waals surface area contributed by atoms with Gasteiger partial charge in [-0.3, -0.25) is 9.59 Å². The van der Waals surface area contributed by atoms with Crippen molar-refractivity contribution in [2.24, 2.45) is 0 Å². The Bertz CT molecular complexity index is 1140. The molecule has 33 heavy (non-hydrogen) atoms. The van der Waals surface area contributed by atoms with Crippen LogP contribution in [0, 0.1) is 6.92 Å². The summed E-state index contributed by atoms with van der Waals surface area (Å²) in [6, 6.07) is 17.2. The van der Waals surface area contributed by atoms with E-state index in [0.717, 1.165) is 16.7 Å². The number of carbonyl (C=O) groups excluding carboxylic acids is 1. The number of nitrogen functional groups attached to an aromatic ring is 1. The molecule has 0 spiro atoms. The Balaban J connectivity index is 1.97. The SMILES string of the molecule is COC(Cn1cc(N)c(=O)c(OCc2ccccc2)c1C(=O)NCc1cccc(C)c1)OC. The number of nitrogens with two attached hydrogens (primary N) is 1. The van der Waals surface area contributed by atoms with Gasteiger partial charge in [-0.15, -0.1) is 0 Å². The first-order chi connectivity index (χ1) is 15.9. The van der Waals surface area contributed by atoms with E-state index < -0.39 is 17.6 Å². The van der Waals surface area contributed by atoms with E-state index >= 15 is 0 Å². The van der Waals surface area contributed by atoms with Gasteiger partial charge in [-0.1, -0.05) is 60.2 Å². The van der Waals surface area contributed by atoms with Crippen molar-refractivity contribution >= 4 is 11.6 Å². The maximum atomic E-state index is 13.3. The van der Waals surface area contributed by atoms with Gasteiger partial charge in [0.15, 0.2) is 17.7 Å². The normalized spacial score (nSPS) is 10.9. The standard InChI is InChI=1S/C25H29N3O5/c1-17-8-7-11-19(12-17)13-27-25(30)22-24(33-16-18-9-5-4-6-10-18)23(29)20(26)14-28(22)15-21(31-2)32-3/h4-12,14,21H,13,15-16,26H2,1-3H3,(H,27,30). The van der Waals surface area contributed by atoms with E-state index in [9.17, 15) is 9.59 Å². The van der Waals surface area contributed by atoms with Gasteiger partial charge < -0.3 is 29.8 Å². The highest BCUT2D eigenvalue weighted by molar-refractivity contribution is 5.95. The number of hydrogen-bond acceptors (Lipinski definition) is 6. The molecule has 1 heterocycles. The van der Waals surface area contributed by atoms with E-state index in [1.54, 1.807) is 0 Å². The van der Waals surface area contributed by atoms with Crippen molar-refractivity contribution in [2.45, 2.75) is 32.9 Å². The van der Waals surface area contributed by atoms with Gasteiger partial charge in [0, 0.05) is 27.0 Å². The second-order valence-corrected chi connectivity index (χ2v) is 7.59. The number of carbonyl (C=O) groups is 1. The van der Waals surface area contributed by atoms with E-state index in [1.165, 1.54) is 25.0 Å². The third kappa shape index (κ3) is 6.21. The lowest BCUT2D eigenvalue weighted by molar-refractivity contribution is -0.111. The molecule has 0 radical (unpaired) electrons. The van der Waals surface area contributed by atoms with Crippen LogP contribution >= 0.6 is 0 Å². The van der Waals surface area contributed by atoms with Crippen molar-refractivity contribution in [3.05, 3.63) is 93.4 Å². The molecule has 0 aliphatic carbocycles. The minimum absolute atomic E-state index is 0.0424. The van der Waals surface area contributed by atoms with E-state index in [1.807, 2.05) is 61.5 Å². The zero-order valence-electron chi connectivity index (χ0n) is 19.0. The van der Waals surface area contributed by atoms with Crippen molar-refractivity contribution in [3.8, 4) is 5.75 Å². The molecular weight excluding hydrogens is 422 g/mol. The first-order valence-corrected chi connectivity index (χ1v) is 10.5. The number of methoxy groups -OCH3 is 2. The van der Waals surface area contributed by atoms with Crippen LogP contribution in [0.2, 0.25) is 0 Å². The van der Waals surface area contributed by atoms with Crippen LogP contribution in [0.5, 0.6) is 5.75 Å². The largest absolute Gasteiger partial charge is 0.482 e. The topological polar surface area (TPSA) is 105 Å². The summed E-state index contributed by atoms with van der Waals surface area (Å²) >= 11 is 0. The zero-order chi connectivity index (χ0) is 23.8. The Morgan fingerprint density at radius 3 is 2.42 bits per heavy atom.